The smallest absolute Gasteiger partial charge is 0.313 e. The van der Waals surface area contributed by atoms with Crippen LogP contribution in [0.4, 0.5) is 0 Å². The molecule has 0 aliphatic rings. The van der Waals surface area contributed by atoms with Gasteiger partial charge in [-0.05, 0) is 49.7 Å². The molecule has 0 spiro atoms. The van der Waals surface area contributed by atoms with Crippen molar-refractivity contribution in [2.24, 2.45) is 0 Å². The number of pyridine rings is 1. The Balaban J connectivity index is 1.98. The fourth-order valence-electron chi connectivity index (χ4n) is 3.59. The molecule has 0 aliphatic heterocycles. The lowest BCUT2D eigenvalue weighted by Crippen LogP contribution is -2.12. The number of carbonyl (C=O) groups excluding carboxylic acids is 1. The number of rotatable bonds is 5. The molecular weight excluding hydrogens is 352 g/mol. The summed E-state index contributed by atoms with van der Waals surface area (Å²) in [6, 6.07) is 15.9. The quantitative estimate of drug-likeness (QED) is 0.469. The molecule has 0 N–H and O–H groups in total. The molecule has 0 amide bonds. The van der Waals surface area contributed by atoms with Crippen molar-refractivity contribution in [3.8, 4) is 11.4 Å². The molecule has 0 aliphatic carbocycles. The summed E-state index contributed by atoms with van der Waals surface area (Å²) in [5.74, 6) is 0.134. The van der Waals surface area contributed by atoms with Crippen LogP contribution in [0.3, 0.4) is 0 Å². The largest absolute Gasteiger partial charge is 0.497 e. The lowest BCUT2D eigenvalue weighted by atomic mass is 10.0. The molecule has 5 nitrogen and oxygen atoms in total. The van der Waals surface area contributed by atoms with Crippen molar-refractivity contribution in [3.05, 3.63) is 66.5 Å². The van der Waals surface area contributed by atoms with E-state index >= 15 is 0 Å². The number of hydrogen-bond donors (Lipinski definition) is 0. The number of hydrogen-bond acceptors (Lipinski definition) is 4. The molecule has 2 aromatic heterocycles. The average Bonchev–Trinajstić information content (AvgIpc) is 3.11. The highest BCUT2D eigenvalue weighted by molar-refractivity contribution is 5.95. The SMILES string of the molecule is CCOC(=O)C(C)c1cn(-c2ccnc3ccccc23)c2ccc(OC)cc12. The minimum absolute atomic E-state index is 0.232. The third-order valence-electron chi connectivity index (χ3n) is 5.03. The van der Waals surface area contributed by atoms with Gasteiger partial charge in [-0.25, -0.2) is 0 Å². The molecule has 28 heavy (non-hydrogen) atoms. The van der Waals surface area contributed by atoms with Crippen molar-refractivity contribution < 1.29 is 14.3 Å². The Hall–Kier alpha value is -3.34. The number of para-hydroxylation sites is 1. The number of aromatic nitrogens is 2. The normalized spacial score (nSPS) is 12.2. The summed E-state index contributed by atoms with van der Waals surface area (Å²) in [7, 11) is 1.64. The number of carbonyl (C=O) groups is 1. The zero-order chi connectivity index (χ0) is 19.7. The second-order valence-electron chi connectivity index (χ2n) is 6.66. The first-order chi connectivity index (χ1) is 13.6. The van der Waals surface area contributed by atoms with Gasteiger partial charge in [-0.1, -0.05) is 18.2 Å². The molecule has 142 valence electrons. The van der Waals surface area contributed by atoms with Gasteiger partial charge in [0.2, 0.25) is 0 Å². The highest BCUT2D eigenvalue weighted by Crippen LogP contribution is 2.34. The number of benzene rings is 2. The van der Waals surface area contributed by atoms with Crippen LogP contribution in [0.5, 0.6) is 5.75 Å². The number of methoxy groups -OCH3 is 1. The Morgan fingerprint density at radius 1 is 1.14 bits per heavy atom. The summed E-state index contributed by atoms with van der Waals surface area (Å²) in [5.41, 5.74) is 3.86. The van der Waals surface area contributed by atoms with Crippen LogP contribution in [0.2, 0.25) is 0 Å². The van der Waals surface area contributed by atoms with E-state index in [4.69, 9.17) is 9.47 Å². The van der Waals surface area contributed by atoms with E-state index < -0.39 is 0 Å². The topological polar surface area (TPSA) is 53.4 Å². The van der Waals surface area contributed by atoms with Gasteiger partial charge in [-0.3, -0.25) is 9.78 Å². The Labute approximate surface area is 163 Å². The highest BCUT2D eigenvalue weighted by atomic mass is 16.5. The first-order valence-electron chi connectivity index (χ1n) is 9.33. The molecule has 5 heteroatoms. The first-order valence-corrected chi connectivity index (χ1v) is 9.33. The van der Waals surface area contributed by atoms with Gasteiger partial charge < -0.3 is 14.0 Å². The van der Waals surface area contributed by atoms with Gasteiger partial charge in [0.05, 0.1) is 36.4 Å². The van der Waals surface area contributed by atoms with Crippen LogP contribution in [-0.2, 0) is 9.53 Å². The van der Waals surface area contributed by atoms with Crippen molar-refractivity contribution in [1.29, 1.82) is 0 Å². The summed E-state index contributed by atoms with van der Waals surface area (Å²) in [4.78, 5) is 16.9. The van der Waals surface area contributed by atoms with E-state index in [-0.39, 0.29) is 11.9 Å². The number of ether oxygens (including phenoxy) is 2. The Morgan fingerprint density at radius 3 is 2.75 bits per heavy atom. The summed E-state index contributed by atoms with van der Waals surface area (Å²) in [5, 5.41) is 2.02. The predicted octanol–water partition coefficient (Wildman–Crippen LogP) is 4.85. The van der Waals surface area contributed by atoms with E-state index in [0.717, 1.165) is 38.8 Å². The van der Waals surface area contributed by atoms with Crippen LogP contribution in [-0.4, -0.2) is 29.2 Å². The molecule has 4 aromatic rings. The maximum Gasteiger partial charge on any atom is 0.313 e. The summed E-state index contributed by atoms with van der Waals surface area (Å²) in [6.45, 7) is 4.06. The highest BCUT2D eigenvalue weighted by Gasteiger charge is 2.23. The van der Waals surface area contributed by atoms with Crippen LogP contribution in [0.25, 0.3) is 27.5 Å². The minimum atomic E-state index is -0.385. The van der Waals surface area contributed by atoms with Crippen molar-refractivity contribution in [2.75, 3.05) is 13.7 Å². The van der Waals surface area contributed by atoms with Crippen molar-refractivity contribution in [2.45, 2.75) is 19.8 Å². The Bertz CT molecular complexity index is 1160. The van der Waals surface area contributed by atoms with E-state index in [0.29, 0.717) is 6.61 Å². The van der Waals surface area contributed by atoms with Gasteiger partial charge in [0.25, 0.3) is 0 Å². The van der Waals surface area contributed by atoms with Crippen molar-refractivity contribution in [3.63, 3.8) is 0 Å². The third kappa shape index (κ3) is 2.99. The fourth-order valence-corrected chi connectivity index (χ4v) is 3.59. The second kappa shape index (κ2) is 7.35. The number of fused-ring (bicyclic) bond motifs is 2. The van der Waals surface area contributed by atoms with E-state index in [1.807, 2.05) is 68.7 Å². The first kappa shape index (κ1) is 18.0. The number of nitrogens with zero attached hydrogens (tertiary/aromatic N) is 2. The Morgan fingerprint density at radius 2 is 1.96 bits per heavy atom. The molecule has 0 saturated carbocycles. The van der Waals surface area contributed by atoms with E-state index in [2.05, 4.69) is 15.6 Å². The molecule has 4 rings (SSSR count). The number of esters is 1. The zero-order valence-electron chi connectivity index (χ0n) is 16.2. The van der Waals surface area contributed by atoms with Crippen LogP contribution in [0, 0.1) is 0 Å². The van der Waals surface area contributed by atoms with Crippen LogP contribution in [0.15, 0.2) is 60.9 Å². The molecule has 1 unspecified atom stereocenters. The monoisotopic (exact) mass is 374 g/mol. The predicted molar refractivity (Wildman–Crippen MR) is 110 cm³/mol. The maximum absolute atomic E-state index is 12.4. The lowest BCUT2D eigenvalue weighted by molar-refractivity contribution is -0.144. The second-order valence-corrected chi connectivity index (χ2v) is 6.66. The fraction of sp³-hybridized carbons (Fsp3) is 0.217. The van der Waals surface area contributed by atoms with Gasteiger partial charge in [0.1, 0.15) is 5.75 Å². The molecule has 2 aromatic carbocycles. The molecule has 2 heterocycles. The molecule has 0 radical (unpaired) electrons. The third-order valence-corrected chi connectivity index (χ3v) is 5.03. The molecule has 0 bridgehead atoms. The lowest BCUT2D eigenvalue weighted by Gasteiger charge is -2.10. The maximum atomic E-state index is 12.4. The van der Waals surface area contributed by atoms with Gasteiger partial charge in [-0.2, -0.15) is 0 Å². The zero-order valence-corrected chi connectivity index (χ0v) is 16.2. The van der Waals surface area contributed by atoms with Gasteiger partial charge in [-0.15, -0.1) is 0 Å². The van der Waals surface area contributed by atoms with Crippen LogP contribution >= 0.6 is 0 Å². The average molecular weight is 374 g/mol. The molecular formula is C23H22N2O3. The molecule has 1 atom stereocenters. The van der Waals surface area contributed by atoms with Gasteiger partial charge in [0, 0.05) is 23.2 Å². The summed E-state index contributed by atoms with van der Waals surface area (Å²) in [6.07, 6.45) is 3.83. The summed E-state index contributed by atoms with van der Waals surface area (Å²) >= 11 is 0. The standard InChI is InChI=1S/C23H22N2O3/c1-4-28-23(26)15(2)19-14-25(21-10-9-16(27-3)13-18(19)21)22-11-12-24-20-8-6-5-7-17(20)22/h5-15H,4H2,1-3H3. The van der Waals surface area contributed by atoms with E-state index in [1.54, 1.807) is 7.11 Å². The van der Waals surface area contributed by atoms with Gasteiger partial charge in [0.15, 0.2) is 0 Å². The molecule has 0 fully saturated rings. The van der Waals surface area contributed by atoms with Crippen molar-refractivity contribution >= 4 is 27.8 Å². The summed E-state index contributed by atoms with van der Waals surface area (Å²) < 4.78 is 12.8. The van der Waals surface area contributed by atoms with E-state index in [9.17, 15) is 4.79 Å². The molecule has 0 saturated heterocycles. The van der Waals surface area contributed by atoms with Crippen molar-refractivity contribution in [1.82, 2.24) is 9.55 Å². The van der Waals surface area contributed by atoms with Gasteiger partial charge >= 0.3 is 5.97 Å². The van der Waals surface area contributed by atoms with E-state index in [1.165, 1.54) is 0 Å². The van der Waals surface area contributed by atoms with Crippen LogP contribution in [0.1, 0.15) is 25.3 Å². The minimum Gasteiger partial charge on any atom is -0.497 e. The van der Waals surface area contributed by atoms with Crippen LogP contribution < -0.4 is 4.74 Å². The Kier molecular flexibility index (Phi) is 4.74.